The van der Waals surface area contributed by atoms with Crippen LogP contribution in [0.5, 0.6) is 0 Å². The molecule has 0 spiro atoms. The standard InChI is InChI=1S/C19H30N2O12S3/c1-7-36(29,30)17-13-15(21(23)24)14(18(22)33-19(2,3)4)12-16(17)20(8-10-31-34(5,25)26)9-11-32-35(6,27)28/h12-13H,7-11H2,1-6H3. The molecule has 0 heterocycles. The predicted molar refractivity (Wildman–Crippen MR) is 130 cm³/mol. The lowest BCUT2D eigenvalue weighted by Crippen LogP contribution is -2.34. The first-order chi connectivity index (χ1) is 16.2. The topological polar surface area (TPSA) is 194 Å². The van der Waals surface area contributed by atoms with Gasteiger partial charge in [-0.15, -0.1) is 0 Å². The van der Waals surface area contributed by atoms with E-state index in [4.69, 9.17) is 13.1 Å². The smallest absolute Gasteiger partial charge is 0.345 e. The Labute approximate surface area is 210 Å². The van der Waals surface area contributed by atoms with Crippen LogP contribution in [0.15, 0.2) is 17.0 Å². The molecule has 0 saturated heterocycles. The SMILES string of the molecule is CCS(=O)(=O)c1cc([N+](=O)[O-])c(C(=O)OC(C)(C)C)cc1N(CCOS(C)(=O)=O)CCOS(C)(=O)=O. The summed E-state index contributed by atoms with van der Waals surface area (Å²) in [5, 5.41) is 11.7. The molecule has 1 aromatic rings. The van der Waals surface area contributed by atoms with E-state index >= 15 is 0 Å². The molecule has 0 amide bonds. The predicted octanol–water partition coefficient (Wildman–Crippen LogP) is 1.10. The summed E-state index contributed by atoms with van der Waals surface area (Å²) in [6.45, 7) is 4.32. The Morgan fingerprint density at radius 2 is 1.44 bits per heavy atom. The highest BCUT2D eigenvalue weighted by Crippen LogP contribution is 2.34. The van der Waals surface area contributed by atoms with Gasteiger partial charge in [0, 0.05) is 19.2 Å². The van der Waals surface area contributed by atoms with Crippen LogP contribution in [0.25, 0.3) is 0 Å². The summed E-state index contributed by atoms with van der Waals surface area (Å²) in [7, 11) is -11.9. The van der Waals surface area contributed by atoms with Crippen molar-refractivity contribution in [1.29, 1.82) is 0 Å². The molecule has 0 atom stereocenters. The summed E-state index contributed by atoms with van der Waals surface area (Å²) in [6, 6.07) is 1.66. The number of hydrogen-bond donors (Lipinski definition) is 0. The summed E-state index contributed by atoms with van der Waals surface area (Å²) in [5.41, 5.74) is -2.64. The molecular formula is C19H30N2O12S3. The molecule has 206 valence electrons. The van der Waals surface area contributed by atoms with Crippen molar-refractivity contribution < 1.29 is 48.1 Å². The molecular weight excluding hydrogens is 544 g/mol. The van der Waals surface area contributed by atoms with Crippen LogP contribution in [-0.2, 0) is 43.2 Å². The van der Waals surface area contributed by atoms with E-state index in [0.29, 0.717) is 0 Å². The average Bonchev–Trinajstić information content (AvgIpc) is 2.68. The number of anilines is 1. The van der Waals surface area contributed by atoms with Crippen LogP contribution in [0, 0.1) is 10.1 Å². The number of rotatable bonds is 13. The largest absolute Gasteiger partial charge is 0.456 e. The van der Waals surface area contributed by atoms with E-state index in [0.717, 1.165) is 24.6 Å². The Bertz CT molecular complexity index is 1260. The number of benzene rings is 1. The number of esters is 1. The molecule has 0 bridgehead atoms. The quantitative estimate of drug-likeness (QED) is 0.141. The fraction of sp³-hybridized carbons (Fsp3) is 0.632. The van der Waals surface area contributed by atoms with Gasteiger partial charge >= 0.3 is 5.97 Å². The summed E-state index contributed by atoms with van der Waals surface area (Å²) < 4.78 is 85.9. The molecule has 0 aromatic heterocycles. The van der Waals surface area contributed by atoms with Gasteiger partial charge in [0.15, 0.2) is 9.84 Å². The molecule has 0 aliphatic rings. The van der Waals surface area contributed by atoms with Crippen molar-refractivity contribution in [2.45, 2.75) is 38.2 Å². The van der Waals surface area contributed by atoms with Gasteiger partial charge < -0.3 is 9.64 Å². The minimum Gasteiger partial charge on any atom is -0.456 e. The normalized spacial score (nSPS) is 12.8. The lowest BCUT2D eigenvalue weighted by molar-refractivity contribution is -0.385. The molecule has 17 heteroatoms. The van der Waals surface area contributed by atoms with Gasteiger partial charge in [0.2, 0.25) is 0 Å². The monoisotopic (exact) mass is 574 g/mol. The second kappa shape index (κ2) is 11.8. The van der Waals surface area contributed by atoms with Gasteiger partial charge in [0.1, 0.15) is 11.2 Å². The summed E-state index contributed by atoms with van der Waals surface area (Å²) in [5.74, 6) is -1.56. The number of hydrogen-bond acceptors (Lipinski definition) is 13. The van der Waals surface area contributed by atoms with E-state index in [1.807, 2.05) is 0 Å². The number of nitro groups is 1. The molecule has 0 radical (unpaired) electrons. The first-order valence-corrected chi connectivity index (χ1v) is 15.7. The highest BCUT2D eigenvalue weighted by Gasteiger charge is 2.32. The third kappa shape index (κ3) is 10.3. The van der Waals surface area contributed by atoms with E-state index in [9.17, 15) is 40.2 Å². The number of nitrogens with zero attached hydrogens (tertiary/aromatic N) is 2. The minimum atomic E-state index is -4.13. The van der Waals surface area contributed by atoms with Crippen LogP contribution in [-0.4, -0.2) is 86.3 Å². The van der Waals surface area contributed by atoms with Gasteiger partial charge in [-0.05, 0) is 26.8 Å². The van der Waals surface area contributed by atoms with E-state index in [2.05, 4.69) is 0 Å². The second-order valence-corrected chi connectivity index (χ2v) is 14.1. The molecule has 1 aromatic carbocycles. The lowest BCUT2D eigenvalue weighted by Gasteiger charge is -2.27. The zero-order valence-corrected chi connectivity index (χ0v) is 23.2. The summed E-state index contributed by atoms with van der Waals surface area (Å²) in [4.78, 5) is 24.2. The minimum absolute atomic E-state index is 0.225. The number of nitro benzene ring substituents is 1. The Kier molecular flexibility index (Phi) is 10.4. The Morgan fingerprint density at radius 1 is 0.972 bits per heavy atom. The van der Waals surface area contributed by atoms with Crippen molar-refractivity contribution in [3.05, 3.63) is 27.8 Å². The third-order valence-corrected chi connectivity index (χ3v) is 7.21. The van der Waals surface area contributed by atoms with E-state index in [1.54, 1.807) is 0 Å². The van der Waals surface area contributed by atoms with Crippen LogP contribution in [0.2, 0.25) is 0 Å². The van der Waals surface area contributed by atoms with Crippen molar-refractivity contribution in [2.75, 3.05) is 49.5 Å². The van der Waals surface area contributed by atoms with Crippen molar-refractivity contribution >= 4 is 47.4 Å². The Balaban J connectivity index is 3.79. The number of ether oxygens (including phenoxy) is 1. The van der Waals surface area contributed by atoms with Crippen molar-refractivity contribution in [2.24, 2.45) is 0 Å². The zero-order chi connectivity index (χ0) is 28.1. The van der Waals surface area contributed by atoms with Gasteiger partial charge in [-0.3, -0.25) is 18.5 Å². The number of sulfone groups is 1. The highest BCUT2D eigenvalue weighted by atomic mass is 32.2. The van der Waals surface area contributed by atoms with Gasteiger partial charge in [0.25, 0.3) is 25.9 Å². The molecule has 0 aliphatic carbocycles. The van der Waals surface area contributed by atoms with Crippen LogP contribution < -0.4 is 4.90 Å². The highest BCUT2D eigenvalue weighted by molar-refractivity contribution is 7.91. The van der Waals surface area contributed by atoms with Crippen molar-refractivity contribution in [3.63, 3.8) is 0 Å². The van der Waals surface area contributed by atoms with Crippen LogP contribution in [0.4, 0.5) is 11.4 Å². The number of carbonyl (C=O) groups excluding carboxylic acids is 1. The fourth-order valence-corrected chi connectivity index (χ4v) is 4.67. The number of carbonyl (C=O) groups is 1. The maximum absolute atomic E-state index is 12.9. The molecule has 0 saturated carbocycles. The molecule has 36 heavy (non-hydrogen) atoms. The Hall–Kier alpha value is -2.34. The maximum atomic E-state index is 12.9. The molecule has 14 nitrogen and oxygen atoms in total. The van der Waals surface area contributed by atoms with Gasteiger partial charge in [-0.2, -0.15) is 16.8 Å². The molecule has 0 unspecified atom stereocenters. The Morgan fingerprint density at radius 3 is 1.81 bits per heavy atom. The van der Waals surface area contributed by atoms with Crippen LogP contribution in [0.1, 0.15) is 38.1 Å². The van der Waals surface area contributed by atoms with Crippen molar-refractivity contribution in [1.82, 2.24) is 0 Å². The average molecular weight is 575 g/mol. The maximum Gasteiger partial charge on any atom is 0.345 e. The first kappa shape index (κ1) is 31.7. The van der Waals surface area contributed by atoms with Crippen molar-refractivity contribution in [3.8, 4) is 0 Å². The van der Waals surface area contributed by atoms with E-state index < -0.39 is 81.7 Å². The molecule has 1 rings (SSSR count). The molecule has 0 N–H and O–H groups in total. The van der Waals surface area contributed by atoms with E-state index in [-0.39, 0.29) is 18.8 Å². The van der Waals surface area contributed by atoms with Gasteiger partial charge in [-0.25, -0.2) is 13.2 Å². The summed E-state index contributed by atoms with van der Waals surface area (Å²) in [6.07, 6.45) is 1.59. The fourth-order valence-electron chi connectivity index (χ4n) is 2.81. The lowest BCUT2D eigenvalue weighted by atomic mass is 10.1. The second-order valence-electron chi connectivity index (χ2n) is 8.54. The summed E-state index contributed by atoms with van der Waals surface area (Å²) >= 11 is 0. The van der Waals surface area contributed by atoms with Crippen LogP contribution in [0.3, 0.4) is 0 Å². The van der Waals surface area contributed by atoms with Crippen LogP contribution >= 0.6 is 0 Å². The van der Waals surface area contributed by atoms with E-state index in [1.165, 1.54) is 32.6 Å². The zero-order valence-electron chi connectivity index (χ0n) is 20.7. The first-order valence-electron chi connectivity index (χ1n) is 10.4. The molecule has 0 aliphatic heterocycles. The van der Waals surface area contributed by atoms with Gasteiger partial charge in [-0.1, -0.05) is 6.92 Å². The molecule has 0 fully saturated rings. The third-order valence-electron chi connectivity index (χ3n) is 4.27. The van der Waals surface area contributed by atoms with Gasteiger partial charge in [0.05, 0.1) is 47.0 Å².